The molecule has 0 saturated carbocycles. The summed E-state index contributed by atoms with van der Waals surface area (Å²) in [6.07, 6.45) is 0.329. The number of rotatable bonds is 5. The van der Waals surface area contributed by atoms with Gasteiger partial charge in [-0.15, -0.1) is 0 Å². The molecule has 98 valence electrons. The number of nitrogens with one attached hydrogen (secondary N) is 2. The summed E-state index contributed by atoms with van der Waals surface area (Å²) in [6, 6.07) is 5.63. The quantitative estimate of drug-likeness (QED) is 0.707. The lowest BCUT2D eigenvalue weighted by atomic mass is 10.1. The number of anilines is 1. The first-order chi connectivity index (χ1) is 8.70. The van der Waals surface area contributed by atoms with Crippen LogP contribution in [0, 0.1) is 0 Å². The summed E-state index contributed by atoms with van der Waals surface area (Å²) in [5.41, 5.74) is 2.87. The largest absolute Gasteiger partial charge is 0.389 e. The van der Waals surface area contributed by atoms with Gasteiger partial charge in [0.25, 0.3) is 5.91 Å². The summed E-state index contributed by atoms with van der Waals surface area (Å²) in [4.78, 5) is 11.9. The summed E-state index contributed by atoms with van der Waals surface area (Å²) < 4.78 is 4.79. The molecule has 1 amide bonds. The topological polar surface area (TPSA) is 70.6 Å². The molecule has 1 atom stereocenters. The van der Waals surface area contributed by atoms with Crippen LogP contribution in [0.3, 0.4) is 0 Å². The van der Waals surface area contributed by atoms with Gasteiger partial charge in [0.05, 0.1) is 12.7 Å². The third-order valence-corrected chi connectivity index (χ3v) is 2.94. The Morgan fingerprint density at radius 2 is 2.44 bits per heavy atom. The van der Waals surface area contributed by atoms with E-state index in [0.717, 1.165) is 18.7 Å². The second-order valence-electron chi connectivity index (χ2n) is 4.37. The van der Waals surface area contributed by atoms with Crippen molar-refractivity contribution in [1.29, 1.82) is 0 Å². The highest BCUT2D eigenvalue weighted by atomic mass is 16.5. The van der Waals surface area contributed by atoms with Crippen LogP contribution in [0.25, 0.3) is 0 Å². The van der Waals surface area contributed by atoms with E-state index in [4.69, 9.17) is 4.74 Å². The maximum Gasteiger partial charge on any atom is 0.251 e. The zero-order valence-electron chi connectivity index (χ0n) is 10.4. The Hall–Kier alpha value is -1.59. The molecule has 3 N–H and O–H groups in total. The number of aliphatic hydroxyl groups excluding tert-OH is 1. The van der Waals surface area contributed by atoms with E-state index in [1.54, 1.807) is 0 Å². The molecular weight excluding hydrogens is 232 g/mol. The van der Waals surface area contributed by atoms with Gasteiger partial charge in [0.15, 0.2) is 0 Å². The molecule has 0 aromatic heterocycles. The van der Waals surface area contributed by atoms with Gasteiger partial charge in [-0.05, 0) is 24.1 Å². The van der Waals surface area contributed by atoms with Crippen LogP contribution in [0.15, 0.2) is 18.2 Å². The molecular formula is C13H18N2O3. The lowest BCUT2D eigenvalue weighted by molar-refractivity contribution is 0.0610. The molecule has 0 bridgehead atoms. The monoisotopic (exact) mass is 250 g/mol. The Morgan fingerprint density at radius 1 is 1.61 bits per heavy atom. The normalized spacial score (nSPS) is 14.8. The molecule has 0 spiro atoms. The number of carbonyl (C=O) groups is 1. The highest BCUT2D eigenvalue weighted by Gasteiger charge is 2.14. The molecule has 18 heavy (non-hydrogen) atoms. The Morgan fingerprint density at radius 3 is 3.22 bits per heavy atom. The number of methoxy groups -OCH3 is 1. The van der Waals surface area contributed by atoms with Crippen molar-refractivity contribution in [2.75, 3.05) is 32.1 Å². The molecule has 0 aliphatic carbocycles. The van der Waals surface area contributed by atoms with E-state index in [9.17, 15) is 9.90 Å². The van der Waals surface area contributed by atoms with Gasteiger partial charge in [-0.2, -0.15) is 0 Å². The third kappa shape index (κ3) is 3.00. The van der Waals surface area contributed by atoms with E-state index in [0.29, 0.717) is 5.56 Å². The van der Waals surface area contributed by atoms with Crippen molar-refractivity contribution in [3.63, 3.8) is 0 Å². The molecule has 1 aromatic carbocycles. The van der Waals surface area contributed by atoms with Crippen LogP contribution in [-0.4, -0.2) is 43.9 Å². The average Bonchev–Trinajstić information content (AvgIpc) is 2.83. The summed E-state index contributed by atoms with van der Waals surface area (Å²) in [5.74, 6) is -0.179. The van der Waals surface area contributed by atoms with Gasteiger partial charge in [-0.1, -0.05) is 6.07 Å². The SMILES string of the molecule is COCC(O)CNC(=O)c1ccc2c(c1)NCC2. The van der Waals surface area contributed by atoms with Crippen LogP contribution >= 0.6 is 0 Å². The first-order valence-corrected chi connectivity index (χ1v) is 6.02. The first-order valence-electron chi connectivity index (χ1n) is 6.02. The number of fused-ring (bicyclic) bond motifs is 1. The highest BCUT2D eigenvalue weighted by Crippen LogP contribution is 2.22. The number of hydrogen-bond acceptors (Lipinski definition) is 4. The molecule has 1 aromatic rings. The van der Waals surface area contributed by atoms with E-state index >= 15 is 0 Å². The Labute approximate surface area is 106 Å². The number of ether oxygens (including phenoxy) is 1. The number of hydrogen-bond donors (Lipinski definition) is 3. The summed E-state index contributed by atoms with van der Waals surface area (Å²) in [5, 5.41) is 15.4. The summed E-state index contributed by atoms with van der Waals surface area (Å²) >= 11 is 0. The number of carbonyl (C=O) groups excluding carboxylic acids is 1. The minimum absolute atomic E-state index is 0.179. The number of amides is 1. The molecule has 1 heterocycles. The minimum Gasteiger partial charge on any atom is -0.389 e. The van der Waals surface area contributed by atoms with Crippen molar-refractivity contribution in [2.45, 2.75) is 12.5 Å². The summed E-state index contributed by atoms with van der Waals surface area (Å²) in [6.45, 7) is 1.33. The molecule has 5 nitrogen and oxygen atoms in total. The van der Waals surface area contributed by atoms with Gasteiger partial charge in [-0.3, -0.25) is 4.79 Å². The smallest absolute Gasteiger partial charge is 0.251 e. The fraction of sp³-hybridized carbons (Fsp3) is 0.462. The van der Waals surface area contributed by atoms with Gasteiger partial charge >= 0.3 is 0 Å². The highest BCUT2D eigenvalue weighted by molar-refractivity contribution is 5.95. The van der Waals surface area contributed by atoms with E-state index in [1.807, 2.05) is 18.2 Å². The van der Waals surface area contributed by atoms with Gasteiger partial charge < -0.3 is 20.5 Å². The van der Waals surface area contributed by atoms with Gasteiger partial charge in [0, 0.05) is 31.5 Å². The Balaban J connectivity index is 1.93. The fourth-order valence-electron chi connectivity index (χ4n) is 2.00. The van der Waals surface area contributed by atoms with E-state index in [-0.39, 0.29) is 19.1 Å². The predicted molar refractivity (Wildman–Crippen MR) is 68.9 cm³/mol. The molecule has 2 rings (SSSR count). The zero-order chi connectivity index (χ0) is 13.0. The second kappa shape index (κ2) is 5.84. The van der Waals surface area contributed by atoms with E-state index < -0.39 is 6.10 Å². The molecule has 5 heteroatoms. The maximum absolute atomic E-state index is 11.9. The maximum atomic E-state index is 11.9. The van der Waals surface area contributed by atoms with Crippen LogP contribution in [0.5, 0.6) is 0 Å². The lowest BCUT2D eigenvalue weighted by Crippen LogP contribution is -2.34. The van der Waals surface area contributed by atoms with Crippen LogP contribution < -0.4 is 10.6 Å². The van der Waals surface area contributed by atoms with Gasteiger partial charge in [0.1, 0.15) is 0 Å². The van der Waals surface area contributed by atoms with E-state index in [2.05, 4.69) is 10.6 Å². The van der Waals surface area contributed by atoms with Crippen molar-refractivity contribution >= 4 is 11.6 Å². The van der Waals surface area contributed by atoms with Gasteiger partial charge in [0.2, 0.25) is 0 Å². The number of aliphatic hydroxyl groups is 1. The second-order valence-corrected chi connectivity index (χ2v) is 4.37. The van der Waals surface area contributed by atoms with Gasteiger partial charge in [-0.25, -0.2) is 0 Å². The van der Waals surface area contributed by atoms with Crippen LogP contribution in [-0.2, 0) is 11.2 Å². The standard InChI is InChI=1S/C13H18N2O3/c1-18-8-11(16)7-15-13(17)10-3-2-9-4-5-14-12(9)6-10/h2-3,6,11,14,16H,4-5,7-8H2,1H3,(H,15,17). The van der Waals surface area contributed by atoms with Crippen molar-refractivity contribution in [1.82, 2.24) is 5.32 Å². The average molecular weight is 250 g/mol. The molecule has 1 unspecified atom stereocenters. The predicted octanol–water partition coefficient (Wildman–Crippen LogP) is 0.392. The minimum atomic E-state index is -0.675. The van der Waals surface area contributed by atoms with Crippen molar-refractivity contribution in [3.05, 3.63) is 29.3 Å². The van der Waals surface area contributed by atoms with Crippen LogP contribution in [0.1, 0.15) is 15.9 Å². The van der Waals surface area contributed by atoms with Crippen molar-refractivity contribution in [3.8, 4) is 0 Å². The summed E-state index contributed by atoms with van der Waals surface area (Å²) in [7, 11) is 1.51. The molecule has 0 saturated heterocycles. The molecule has 1 aliphatic heterocycles. The fourth-order valence-corrected chi connectivity index (χ4v) is 2.00. The molecule has 0 fully saturated rings. The Kier molecular flexibility index (Phi) is 4.17. The molecule has 1 aliphatic rings. The zero-order valence-corrected chi connectivity index (χ0v) is 10.4. The van der Waals surface area contributed by atoms with Crippen molar-refractivity contribution in [2.24, 2.45) is 0 Å². The van der Waals surface area contributed by atoms with Crippen LogP contribution in [0.4, 0.5) is 5.69 Å². The number of benzene rings is 1. The third-order valence-electron chi connectivity index (χ3n) is 2.94. The Bertz CT molecular complexity index is 434. The van der Waals surface area contributed by atoms with Crippen LogP contribution in [0.2, 0.25) is 0 Å². The molecule has 0 radical (unpaired) electrons. The van der Waals surface area contributed by atoms with E-state index in [1.165, 1.54) is 12.7 Å². The van der Waals surface area contributed by atoms with Crippen molar-refractivity contribution < 1.29 is 14.6 Å². The lowest BCUT2D eigenvalue weighted by Gasteiger charge is -2.11. The first kappa shape index (κ1) is 12.9.